The van der Waals surface area contributed by atoms with Crippen molar-refractivity contribution in [1.29, 1.82) is 0 Å². The highest BCUT2D eigenvalue weighted by Gasteiger charge is 2.20. The molecule has 0 atom stereocenters. The molecule has 54 heavy (non-hydrogen) atoms. The molecule has 11 rings (SSSR count). The Labute approximate surface area is 314 Å². The predicted octanol–water partition coefficient (Wildman–Crippen LogP) is 13.6. The molecule has 0 bridgehead atoms. The summed E-state index contributed by atoms with van der Waals surface area (Å²) < 4.78 is 9.05. The summed E-state index contributed by atoms with van der Waals surface area (Å²) >= 11 is 1.80. The lowest BCUT2D eigenvalue weighted by molar-refractivity contribution is 0.670. The number of hydrogen-bond acceptors (Lipinski definition) is 5. The fraction of sp³-hybridized carbons (Fsp3) is 0. The topological polar surface area (TPSA) is 51.8 Å². The van der Waals surface area contributed by atoms with Crippen molar-refractivity contribution in [3.05, 3.63) is 176 Å². The Kier molecular flexibility index (Phi) is 7.00. The van der Waals surface area contributed by atoms with E-state index in [1.54, 1.807) is 11.3 Å². The van der Waals surface area contributed by atoms with E-state index in [1.807, 2.05) is 18.2 Å². The fourth-order valence-electron chi connectivity index (χ4n) is 7.78. The second-order valence-electron chi connectivity index (χ2n) is 13.6. The highest BCUT2D eigenvalue weighted by molar-refractivity contribution is 7.25. The van der Waals surface area contributed by atoms with Crippen LogP contribution in [0.3, 0.4) is 0 Å². The maximum atomic E-state index is 6.60. The second-order valence-corrected chi connectivity index (χ2v) is 14.6. The minimum absolute atomic E-state index is 0.621. The van der Waals surface area contributed by atoms with E-state index in [0.29, 0.717) is 17.5 Å². The van der Waals surface area contributed by atoms with Gasteiger partial charge in [0.25, 0.3) is 0 Å². The Morgan fingerprint density at radius 3 is 1.91 bits per heavy atom. The second kappa shape index (κ2) is 12.3. The van der Waals surface area contributed by atoms with Gasteiger partial charge in [-0.1, -0.05) is 140 Å². The Bertz CT molecular complexity index is 3230. The van der Waals surface area contributed by atoms with E-state index >= 15 is 0 Å². The van der Waals surface area contributed by atoms with E-state index in [9.17, 15) is 0 Å². The van der Waals surface area contributed by atoms with Crippen LogP contribution in [0.2, 0.25) is 0 Å². The van der Waals surface area contributed by atoms with E-state index in [0.717, 1.165) is 66.3 Å². The third kappa shape index (κ3) is 5.01. The van der Waals surface area contributed by atoms with Crippen LogP contribution in [0.4, 0.5) is 0 Å². The highest BCUT2D eigenvalue weighted by Crippen LogP contribution is 2.43. The summed E-state index contributed by atoms with van der Waals surface area (Å²) in [5.74, 6) is 1.91. The molecule has 8 aromatic carbocycles. The number of fused-ring (bicyclic) bond motifs is 7. The molecule has 3 heterocycles. The van der Waals surface area contributed by atoms with E-state index in [4.69, 9.17) is 19.4 Å². The number of aromatic nitrogens is 3. The number of benzene rings is 8. The summed E-state index contributed by atoms with van der Waals surface area (Å²) in [4.78, 5) is 15.6. The molecule has 5 heteroatoms. The molecule has 0 unspecified atom stereocenters. The largest absolute Gasteiger partial charge is 0.455 e. The molecule has 0 amide bonds. The number of furan rings is 1. The van der Waals surface area contributed by atoms with Crippen LogP contribution in [0.15, 0.2) is 180 Å². The van der Waals surface area contributed by atoms with Crippen molar-refractivity contribution in [2.24, 2.45) is 0 Å². The standard InChI is InChI=1S/C49H29N3OS/c1-2-13-31(14-3-1)37-27-26-36(45-38-18-6-8-21-41(38)53-46(37)45)33-16-10-17-34(29-33)47-50-48(35-25-24-30-12-4-5-15-32(30)28-35)52-49(51-47)40-20-11-23-43-44(40)39-19-7-9-22-42(39)54-43/h1-29H. The van der Waals surface area contributed by atoms with Crippen LogP contribution >= 0.6 is 11.3 Å². The molecule has 0 spiro atoms. The van der Waals surface area contributed by atoms with Crippen molar-refractivity contribution in [2.45, 2.75) is 0 Å². The molecule has 0 saturated carbocycles. The van der Waals surface area contributed by atoms with Gasteiger partial charge in [-0.2, -0.15) is 0 Å². The molecule has 0 saturated heterocycles. The molecular formula is C49H29N3OS. The summed E-state index contributed by atoms with van der Waals surface area (Å²) in [5.41, 5.74) is 8.93. The van der Waals surface area contributed by atoms with Crippen LogP contribution in [0.1, 0.15) is 0 Å². The Morgan fingerprint density at radius 2 is 1.02 bits per heavy atom. The van der Waals surface area contributed by atoms with Crippen molar-refractivity contribution in [1.82, 2.24) is 15.0 Å². The summed E-state index contributed by atoms with van der Waals surface area (Å²) in [6, 6.07) is 61.5. The van der Waals surface area contributed by atoms with Gasteiger partial charge in [0.1, 0.15) is 11.2 Å². The van der Waals surface area contributed by atoms with Gasteiger partial charge in [-0.05, 0) is 63.9 Å². The van der Waals surface area contributed by atoms with Crippen molar-refractivity contribution in [3.63, 3.8) is 0 Å². The third-order valence-electron chi connectivity index (χ3n) is 10.3. The SMILES string of the molecule is c1ccc(-c2ccc(-c3cccc(-c4nc(-c5ccc6ccccc6c5)nc(-c5cccc6sc7ccccc7c56)n4)c3)c3c2oc2ccccc23)cc1. The molecule has 0 aliphatic heterocycles. The van der Waals surface area contributed by atoms with E-state index in [1.165, 1.54) is 25.6 Å². The van der Waals surface area contributed by atoms with Gasteiger partial charge in [-0.3, -0.25) is 0 Å². The number of rotatable bonds is 5. The zero-order valence-electron chi connectivity index (χ0n) is 28.9. The molecule has 0 radical (unpaired) electrons. The summed E-state index contributed by atoms with van der Waals surface area (Å²) in [7, 11) is 0. The van der Waals surface area contributed by atoms with Crippen LogP contribution in [-0.4, -0.2) is 15.0 Å². The zero-order valence-corrected chi connectivity index (χ0v) is 29.7. The van der Waals surface area contributed by atoms with Crippen LogP contribution in [0.25, 0.3) is 109 Å². The summed E-state index contributed by atoms with van der Waals surface area (Å²) in [6.45, 7) is 0. The van der Waals surface area contributed by atoms with E-state index in [2.05, 4.69) is 158 Å². The van der Waals surface area contributed by atoms with Crippen LogP contribution in [0.5, 0.6) is 0 Å². The molecule has 252 valence electrons. The first-order chi connectivity index (χ1) is 26.7. The minimum Gasteiger partial charge on any atom is -0.455 e. The van der Waals surface area contributed by atoms with Gasteiger partial charge in [0.2, 0.25) is 0 Å². The number of para-hydroxylation sites is 1. The predicted molar refractivity (Wildman–Crippen MR) is 225 cm³/mol. The average molecular weight is 708 g/mol. The number of hydrogen-bond donors (Lipinski definition) is 0. The van der Waals surface area contributed by atoms with E-state index < -0.39 is 0 Å². The van der Waals surface area contributed by atoms with Crippen LogP contribution < -0.4 is 0 Å². The lowest BCUT2D eigenvalue weighted by atomic mass is 9.94. The molecule has 0 aliphatic carbocycles. The Morgan fingerprint density at radius 1 is 0.370 bits per heavy atom. The molecule has 3 aromatic heterocycles. The summed E-state index contributed by atoms with van der Waals surface area (Å²) in [6.07, 6.45) is 0. The first-order valence-corrected chi connectivity index (χ1v) is 18.8. The molecule has 0 fully saturated rings. The first-order valence-electron chi connectivity index (χ1n) is 18.0. The fourth-order valence-corrected chi connectivity index (χ4v) is 8.92. The molecule has 0 aliphatic rings. The van der Waals surface area contributed by atoms with Gasteiger partial charge < -0.3 is 4.42 Å². The van der Waals surface area contributed by atoms with Gasteiger partial charge in [-0.15, -0.1) is 11.3 Å². The molecule has 0 N–H and O–H groups in total. The monoisotopic (exact) mass is 707 g/mol. The highest BCUT2D eigenvalue weighted by atomic mass is 32.1. The van der Waals surface area contributed by atoms with Gasteiger partial charge >= 0.3 is 0 Å². The maximum absolute atomic E-state index is 6.60. The van der Waals surface area contributed by atoms with Crippen molar-refractivity contribution in [3.8, 4) is 56.4 Å². The molecule has 4 nitrogen and oxygen atoms in total. The smallest absolute Gasteiger partial charge is 0.164 e. The lowest BCUT2D eigenvalue weighted by Gasteiger charge is -2.12. The van der Waals surface area contributed by atoms with Crippen molar-refractivity contribution < 1.29 is 4.42 Å². The molecule has 11 aromatic rings. The average Bonchev–Trinajstić information content (AvgIpc) is 3.83. The number of thiophene rings is 1. The van der Waals surface area contributed by atoms with Gasteiger partial charge in [0.05, 0.1) is 0 Å². The van der Waals surface area contributed by atoms with E-state index in [-0.39, 0.29) is 0 Å². The Balaban J connectivity index is 1.13. The quantitative estimate of drug-likeness (QED) is 0.179. The first kappa shape index (κ1) is 30.7. The summed E-state index contributed by atoms with van der Waals surface area (Å²) in [5, 5.41) is 6.87. The van der Waals surface area contributed by atoms with Gasteiger partial charge in [0, 0.05) is 53.2 Å². The van der Waals surface area contributed by atoms with Crippen molar-refractivity contribution >= 4 is 64.2 Å². The molecular weight excluding hydrogens is 679 g/mol. The third-order valence-corrected chi connectivity index (χ3v) is 11.5. The van der Waals surface area contributed by atoms with Crippen molar-refractivity contribution in [2.75, 3.05) is 0 Å². The number of nitrogens with zero attached hydrogens (tertiary/aromatic N) is 3. The maximum Gasteiger partial charge on any atom is 0.164 e. The normalized spacial score (nSPS) is 11.7. The van der Waals surface area contributed by atoms with Gasteiger partial charge in [-0.25, -0.2) is 15.0 Å². The lowest BCUT2D eigenvalue weighted by Crippen LogP contribution is -2.00. The van der Waals surface area contributed by atoms with Gasteiger partial charge in [0.15, 0.2) is 17.5 Å². The van der Waals surface area contributed by atoms with Crippen LogP contribution in [0, 0.1) is 0 Å². The Hall–Kier alpha value is -6.95. The zero-order chi connectivity index (χ0) is 35.6. The van der Waals surface area contributed by atoms with Crippen LogP contribution in [-0.2, 0) is 0 Å². The minimum atomic E-state index is 0.621.